The molecule has 0 bridgehead atoms. The third kappa shape index (κ3) is 3.29. The van der Waals surface area contributed by atoms with Crippen molar-refractivity contribution in [2.45, 2.75) is 52.1 Å². The average Bonchev–Trinajstić information content (AvgIpc) is 2.78. The molecule has 0 aromatic rings. The Balaban J connectivity index is 2.08. The summed E-state index contributed by atoms with van der Waals surface area (Å²) in [4.78, 5) is 13.7. The van der Waals surface area contributed by atoms with E-state index in [1.165, 1.54) is 19.3 Å². The van der Waals surface area contributed by atoms with Crippen LogP contribution >= 0.6 is 0 Å². The van der Waals surface area contributed by atoms with Gasteiger partial charge >= 0.3 is 5.97 Å². The largest absolute Gasteiger partial charge is 0.481 e. The molecule has 0 aromatic heterocycles. The number of ether oxygens (including phenoxy) is 1. The molecule has 1 aliphatic heterocycles. The van der Waals surface area contributed by atoms with Crippen LogP contribution < -0.4 is 0 Å². The van der Waals surface area contributed by atoms with Crippen LogP contribution in [0.15, 0.2) is 0 Å². The summed E-state index contributed by atoms with van der Waals surface area (Å²) in [5.41, 5.74) is 0. The molecule has 4 atom stereocenters. The number of hydrogen-bond donors (Lipinski definition) is 1. The zero-order chi connectivity index (χ0) is 14.0. The molecular formula is C15H27NO3. The quantitative estimate of drug-likeness (QED) is 0.850. The lowest BCUT2D eigenvalue weighted by molar-refractivity contribution is -0.143. The van der Waals surface area contributed by atoms with E-state index in [9.17, 15) is 9.90 Å². The molecule has 0 spiro atoms. The average molecular weight is 269 g/mol. The molecule has 0 radical (unpaired) electrons. The van der Waals surface area contributed by atoms with Crippen molar-refractivity contribution in [3.8, 4) is 0 Å². The predicted molar refractivity (Wildman–Crippen MR) is 74.1 cm³/mol. The highest BCUT2D eigenvalue weighted by Crippen LogP contribution is 2.34. The van der Waals surface area contributed by atoms with Gasteiger partial charge in [0.25, 0.3) is 0 Å². The maximum Gasteiger partial charge on any atom is 0.310 e. The van der Waals surface area contributed by atoms with E-state index in [-0.39, 0.29) is 12.0 Å². The predicted octanol–water partition coefficient (Wildman–Crippen LogP) is 2.23. The molecule has 2 aliphatic rings. The zero-order valence-corrected chi connectivity index (χ0v) is 12.3. The van der Waals surface area contributed by atoms with Crippen LogP contribution in [-0.4, -0.2) is 47.8 Å². The maximum atomic E-state index is 11.3. The van der Waals surface area contributed by atoms with E-state index in [1.54, 1.807) is 0 Å². The number of aliphatic carboxylic acids is 1. The first-order valence-electron chi connectivity index (χ1n) is 7.59. The number of carbonyl (C=O) groups is 1. The lowest BCUT2D eigenvalue weighted by Gasteiger charge is -2.42. The summed E-state index contributed by atoms with van der Waals surface area (Å²) in [5, 5.41) is 9.32. The normalized spacial score (nSPS) is 39.7. The second-order valence-electron chi connectivity index (χ2n) is 6.45. The van der Waals surface area contributed by atoms with Crippen LogP contribution in [0.1, 0.15) is 40.0 Å². The third-order valence-corrected chi connectivity index (χ3v) is 4.78. The highest BCUT2D eigenvalue weighted by Gasteiger charge is 2.41. The van der Waals surface area contributed by atoms with Gasteiger partial charge in [-0.15, -0.1) is 0 Å². The summed E-state index contributed by atoms with van der Waals surface area (Å²) >= 11 is 0. The van der Waals surface area contributed by atoms with Crippen LogP contribution in [0.25, 0.3) is 0 Å². The van der Waals surface area contributed by atoms with Gasteiger partial charge in [0.05, 0.1) is 19.1 Å². The molecule has 110 valence electrons. The van der Waals surface area contributed by atoms with Gasteiger partial charge in [-0.05, 0) is 37.6 Å². The van der Waals surface area contributed by atoms with E-state index in [1.807, 2.05) is 0 Å². The second-order valence-corrected chi connectivity index (χ2v) is 6.45. The first-order chi connectivity index (χ1) is 9.02. The highest BCUT2D eigenvalue weighted by atomic mass is 16.5. The summed E-state index contributed by atoms with van der Waals surface area (Å²) < 4.78 is 5.44. The van der Waals surface area contributed by atoms with Gasteiger partial charge in [-0.3, -0.25) is 9.69 Å². The molecule has 1 N–H and O–H groups in total. The summed E-state index contributed by atoms with van der Waals surface area (Å²) in [5.74, 6) is 0.423. The minimum Gasteiger partial charge on any atom is -0.481 e. The van der Waals surface area contributed by atoms with E-state index in [4.69, 9.17) is 4.74 Å². The Morgan fingerprint density at radius 2 is 1.84 bits per heavy atom. The van der Waals surface area contributed by atoms with Gasteiger partial charge in [-0.1, -0.05) is 20.8 Å². The van der Waals surface area contributed by atoms with Gasteiger partial charge in [0.1, 0.15) is 0 Å². The molecule has 1 aliphatic carbocycles. The van der Waals surface area contributed by atoms with Crippen molar-refractivity contribution < 1.29 is 14.6 Å². The van der Waals surface area contributed by atoms with Crippen LogP contribution in [0.4, 0.5) is 0 Å². The van der Waals surface area contributed by atoms with Crippen molar-refractivity contribution in [1.29, 1.82) is 0 Å². The lowest BCUT2D eigenvalue weighted by Crippen LogP contribution is -2.50. The molecule has 19 heavy (non-hydrogen) atoms. The highest BCUT2D eigenvalue weighted by molar-refractivity contribution is 5.71. The number of rotatable bonds is 4. The Morgan fingerprint density at radius 1 is 1.21 bits per heavy atom. The van der Waals surface area contributed by atoms with E-state index >= 15 is 0 Å². The fraction of sp³-hybridized carbons (Fsp3) is 0.933. The summed E-state index contributed by atoms with van der Waals surface area (Å²) in [7, 11) is 0. The summed E-state index contributed by atoms with van der Waals surface area (Å²) in [6.45, 7) is 8.63. The molecule has 0 aromatic carbocycles. The number of carboxylic acids is 1. The lowest BCUT2D eigenvalue weighted by atomic mass is 9.79. The number of nitrogens with zero attached hydrogens (tertiary/aromatic N) is 1. The van der Waals surface area contributed by atoms with Gasteiger partial charge < -0.3 is 9.84 Å². The molecule has 2 rings (SSSR count). The number of hydrogen-bond acceptors (Lipinski definition) is 3. The van der Waals surface area contributed by atoms with Gasteiger partial charge in [-0.2, -0.15) is 0 Å². The van der Waals surface area contributed by atoms with E-state index < -0.39 is 5.97 Å². The Labute approximate surface area is 116 Å². The van der Waals surface area contributed by atoms with Crippen molar-refractivity contribution in [2.24, 2.45) is 17.8 Å². The van der Waals surface area contributed by atoms with Gasteiger partial charge in [0, 0.05) is 12.1 Å². The van der Waals surface area contributed by atoms with Crippen LogP contribution in [-0.2, 0) is 9.53 Å². The van der Waals surface area contributed by atoms with Crippen LogP contribution in [0.5, 0.6) is 0 Å². The van der Waals surface area contributed by atoms with Crippen molar-refractivity contribution in [3.63, 3.8) is 0 Å². The number of likely N-dealkylation sites (N-methyl/N-ethyl adjacent to an activating group) is 1. The summed E-state index contributed by atoms with van der Waals surface area (Å²) in [6, 6.07) is 0.585. The fourth-order valence-electron chi connectivity index (χ4n) is 4.04. The van der Waals surface area contributed by atoms with Crippen molar-refractivity contribution in [3.05, 3.63) is 0 Å². The molecular weight excluding hydrogens is 242 g/mol. The molecule has 1 saturated carbocycles. The molecule has 1 saturated heterocycles. The van der Waals surface area contributed by atoms with E-state index in [0.717, 1.165) is 18.4 Å². The molecule has 2 fully saturated rings. The molecule has 0 amide bonds. The third-order valence-electron chi connectivity index (χ3n) is 4.78. The van der Waals surface area contributed by atoms with Crippen molar-refractivity contribution >= 4 is 5.97 Å². The number of carboxylic acid groups (broad SMARTS) is 1. The molecule has 4 heteroatoms. The molecule has 1 heterocycles. The van der Waals surface area contributed by atoms with Gasteiger partial charge in [0.2, 0.25) is 0 Å². The Morgan fingerprint density at radius 3 is 2.37 bits per heavy atom. The molecule has 4 unspecified atom stereocenters. The van der Waals surface area contributed by atoms with Crippen molar-refractivity contribution in [1.82, 2.24) is 4.90 Å². The SMILES string of the molecule is CCN(C1CC(C)CC(C)C1)C1COCC1C(=O)O. The zero-order valence-electron chi connectivity index (χ0n) is 12.3. The van der Waals surface area contributed by atoms with Crippen LogP contribution in [0, 0.1) is 17.8 Å². The maximum absolute atomic E-state index is 11.3. The van der Waals surface area contributed by atoms with Gasteiger partial charge in [-0.25, -0.2) is 0 Å². The molecule has 4 nitrogen and oxygen atoms in total. The second kappa shape index (κ2) is 6.23. The Hall–Kier alpha value is -0.610. The fourth-order valence-corrected chi connectivity index (χ4v) is 4.04. The first-order valence-corrected chi connectivity index (χ1v) is 7.59. The minimum atomic E-state index is -0.710. The smallest absolute Gasteiger partial charge is 0.310 e. The minimum absolute atomic E-state index is 0.0602. The topological polar surface area (TPSA) is 49.8 Å². The van der Waals surface area contributed by atoms with Gasteiger partial charge in [0.15, 0.2) is 0 Å². The van der Waals surface area contributed by atoms with Crippen LogP contribution in [0.3, 0.4) is 0 Å². The Kier molecular flexibility index (Phi) is 4.85. The van der Waals surface area contributed by atoms with Crippen LogP contribution in [0.2, 0.25) is 0 Å². The summed E-state index contributed by atoms with van der Waals surface area (Å²) in [6.07, 6.45) is 3.69. The first kappa shape index (κ1) is 14.8. The van der Waals surface area contributed by atoms with Crippen molar-refractivity contribution in [2.75, 3.05) is 19.8 Å². The standard InChI is InChI=1S/C15H27NO3/c1-4-16(12-6-10(2)5-11(3)7-12)14-9-19-8-13(14)15(17)18/h10-14H,4-9H2,1-3H3,(H,17,18). The van der Waals surface area contributed by atoms with E-state index in [2.05, 4.69) is 25.7 Å². The monoisotopic (exact) mass is 269 g/mol. The van der Waals surface area contributed by atoms with E-state index in [0.29, 0.717) is 19.3 Å². The Bertz CT molecular complexity index is 311.